The van der Waals surface area contributed by atoms with Crippen LogP contribution >= 0.6 is 0 Å². The maximum Gasteiger partial charge on any atom is 0.0921 e. The first-order valence-corrected chi connectivity index (χ1v) is 8.49. The van der Waals surface area contributed by atoms with Crippen molar-refractivity contribution < 1.29 is 0 Å². The van der Waals surface area contributed by atoms with E-state index in [1.165, 1.54) is 27.7 Å². The van der Waals surface area contributed by atoms with Crippen LogP contribution in [0.4, 0.5) is 0 Å². The number of hydrogen-bond acceptors (Lipinski definition) is 1. The molecule has 2 aromatic heterocycles. The molecule has 122 valence electrons. The van der Waals surface area contributed by atoms with Gasteiger partial charge < -0.3 is 9.97 Å². The van der Waals surface area contributed by atoms with E-state index in [9.17, 15) is 0 Å². The predicted molar refractivity (Wildman–Crippen MR) is 96.6 cm³/mol. The molecule has 2 N–H and O–H groups in total. The van der Waals surface area contributed by atoms with Crippen LogP contribution in [0, 0.1) is 11.3 Å². The van der Waals surface area contributed by atoms with Crippen LogP contribution in [-0.4, -0.2) is 15.0 Å². The van der Waals surface area contributed by atoms with E-state index in [1.807, 2.05) is 6.20 Å². The summed E-state index contributed by atoms with van der Waals surface area (Å²) in [7, 11) is 0. The summed E-state index contributed by atoms with van der Waals surface area (Å²) in [4.78, 5) is 10.8. The van der Waals surface area contributed by atoms with Crippen molar-refractivity contribution in [3.63, 3.8) is 0 Å². The summed E-state index contributed by atoms with van der Waals surface area (Å²) in [5, 5.41) is 1.37. The van der Waals surface area contributed by atoms with Crippen LogP contribution < -0.4 is 0 Å². The van der Waals surface area contributed by atoms with Crippen molar-refractivity contribution in [2.75, 3.05) is 0 Å². The molecule has 0 amide bonds. The van der Waals surface area contributed by atoms with Crippen LogP contribution in [0.2, 0.25) is 0 Å². The van der Waals surface area contributed by atoms with E-state index in [0.717, 1.165) is 19.3 Å². The Balaban J connectivity index is 1.78. The molecular weight excluding hydrogens is 282 g/mol. The minimum atomic E-state index is 0.202. The third-order valence-electron chi connectivity index (χ3n) is 4.37. The fourth-order valence-electron chi connectivity index (χ4n) is 3.46. The molecule has 0 aliphatic rings. The lowest BCUT2D eigenvalue weighted by Gasteiger charge is -2.24. The second-order valence-electron chi connectivity index (χ2n) is 7.89. The van der Waals surface area contributed by atoms with Crippen molar-refractivity contribution in [1.29, 1.82) is 0 Å². The molecule has 2 heterocycles. The minimum Gasteiger partial charge on any atom is -0.361 e. The van der Waals surface area contributed by atoms with Crippen LogP contribution in [-0.2, 0) is 19.3 Å². The first-order chi connectivity index (χ1) is 10.9. The minimum absolute atomic E-state index is 0.202. The van der Waals surface area contributed by atoms with Gasteiger partial charge in [-0.1, -0.05) is 39.8 Å². The Bertz CT molecular complexity index is 763. The Hall–Kier alpha value is -2.03. The zero-order chi connectivity index (χ0) is 16.4. The zero-order valence-corrected chi connectivity index (χ0v) is 14.6. The second-order valence-corrected chi connectivity index (χ2v) is 7.89. The van der Waals surface area contributed by atoms with Crippen molar-refractivity contribution in [3.05, 3.63) is 53.7 Å². The Morgan fingerprint density at radius 3 is 2.65 bits per heavy atom. The molecule has 1 aromatic carbocycles. The molecule has 0 saturated carbocycles. The van der Waals surface area contributed by atoms with Crippen LogP contribution in [0.5, 0.6) is 0 Å². The molecule has 0 atom stereocenters. The quantitative estimate of drug-likeness (QED) is 0.668. The average molecular weight is 309 g/mol. The molecule has 0 fully saturated rings. The molecule has 0 saturated heterocycles. The van der Waals surface area contributed by atoms with E-state index >= 15 is 0 Å². The van der Waals surface area contributed by atoms with E-state index in [1.54, 1.807) is 6.33 Å². The number of aromatic nitrogens is 3. The van der Waals surface area contributed by atoms with Crippen LogP contribution in [0.1, 0.15) is 44.5 Å². The van der Waals surface area contributed by atoms with Gasteiger partial charge in [0.25, 0.3) is 0 Å². The van der Waals surface area contributed by atoms with Gasteiger partial charge in [0, 0.05) is 29.0 Å². The van der Waals surface area contributed by atoms with Crippen molar-refractivity contribution in [2.45, 2.75) is 47.0 Å². The Kier molecular flexibility index (Phi) is 4.29. The summed E-state index contributed by atoms with van der Waals surface area (Å²) in [5.74, 6) is 0.682. The highest BCUT2D eigenvalue weighted by Gasteiger charge is 2.20. The summed E-state index contributed by atoms with van der Waals surface area (Å²) in [6.45, 7) is 9.17. The molecule has 0 unspecified atom stereocenters. The van der Waals surface area contributed by atoms with Gasteiger partial charge in [-0.2, -0.15) is 0 Å². The van der Waals surface area contributed by atoms with E-state index in [-0.39, 0.29) is 5.41 Å². The Morgan fingerprint density at radius 1 is 1.13 bits per heavy atom. The molecule has 3 heteroatoms. The van der Waals surface area contributed by atoms with Gasteiger partial charge in [-0.25, -0.2) is 4.98 Å². The third-order valence-corrected chi connectivity index (χ3v) is 4.37. The van der Waals surface area contributed by atoms with E-state index in [2.05, 4.69) is 67.0 Å². The first kappa shape index (κ1) is 15.9. The number of imidazole rings is 1. The third kappa shape index (κ3) is 3.84. The Morgan fingerprint density at radius 2 is 1.96 bits per heavy atom. The monoisotopic (exact) mass is 309 g/mol. The smallest absolute Gasteiger partial charge is 0.0921 e. The predicted octanol–water partition coefficient (Wildman–Crippen LogP) is 4.90. The maximum atomic E-state index is 4.12. The lowest BCUT2D eigenvalue weighted by molar-refractivity contribution is 0.357. The maximum absolute atomic E-state index is 4.12. The van der Waals surface area contributed by atoms with Gasteiger partial charge in [-0.3, -0.25) is 0 Å². The number of fused-ring (bicyclic) bond motifs is 1. The molecule has 3 aromatic rings. The zero-order valence-electron chi connectivity index (χ0n) is 14.6. The molecule has 0 spiro atoms. The second kappa shape index (κ2) is 6.23. The highest BCUT2D eigenvalue weighted by molar-refractivity contribution is 5.83. The highest BCUT2D eigenvalue weighted by atomic mass is 14.9. The molecule has 23 heavy (non-hydrogen) atoms. The Labute approximate surface area is 138 Å². The van der Waals surface area contributed by atoms with Gasteiger partial charge in [0.15, 0.2) is 0 Å². The van der Waals surface area contributed by atoms with Crippen molar-refractivity contribution in [3.8, 4) is 0 Å². The summed E-state index contributed by atoms with van der Waals surface area (Å²) in [6, 6.07) is 6.88. The summed E-state index contributed by atoms with van der Waals surface area (Å²) >= 11 is 0. The highest BCUT2D eigenvalue weighted by Crippen LogP contribution is 2.28. The lowest BCUT2D eigenvalue weighted by atomic mass is 9.81. The largest absolute Gasteiger partial charge is 0.361 e. The molecule has 0 aliphatic heterocycles. The van der Waals surface area contributed by atoms with Gasteiger partial charge in [-0.15, -0.1) is 0 Å². The molecule has 0 aliphatic carbocycles. The van der Waals surface area contributed by atoms with E-state index < -0.39 is 0 Å². The van der Waals surface area contributed by atoms with Gasteiger partial charge in [-0.05, 0) is 47.8 Å². The fraction of sp³-hybridized carbons (Fsp3) is 0.450. The van der Waals surface area contributed by atoms with Crippen LogP contribution in [0.25, 0.3) is 10.9 Å². The van der Waals surface area contributed by atoms with Crippen LogP contribution in [0.15, 0.2) is 36.9 Å². The summed E-state index contributed by atoms with van der Waals surface area (Å²) in [5.41, 5.74) is 5.48. The van der Waals surface area contributed by atoms with Crippen molar-refractivity contribution >= 4 is 10.9 Å². The number of aromatic amines is 2. The van der Waals surface area contributed by atoms with Gasteiger partial charge >= 0.3 is 0 Å². The topological polar surface area (TPSA) is 44.5 Å². The number of benzene rings is 1. The van der Waals surface area contributed by atoms with Crippen molar-refractivity contribution in [1.82, 2.24) is 15.0 Å². The van der Waals surface area contributed by atoms with E-state index in [0.29, 0.717) is 5.92 Å². The lowest BCUT2D eigenvalue weighted by Crippen LogP contribution is -2.18. The number of nitrogens with one attached hydrogen (secondary N) is 2. The SMILES string of the molecule is CC(C)Cc1c[nH]c2cc(CC(C)(C)Cc3cnc[nH]3)ccc12. The summed E-state index contributed by atoms with van der Waals surface area (Å²) in [6.07, 6.45) is 9.05. The molecule has 3 nitrogen and oxygen atoms in total. The van der Waals surface area contributed by atoms with Gasteiger partial charge in [0.1, 0.15) is 0 Å². The number of hydrogen-bond donors (Lipinski definition) is 2. The fourth-order valence-corrected chi connectivity index (χ4v) is 3.46. The number of H-pyrrole nitrogens is 2. The van der Waals surface area contributed by atoms with Crippen LogP contribution in [0.3, 0.4) is 0 Å². The molecule has 0 radical (unpaired) electrons. The van der Waals surface area contributed by atoms with Gasteiger partial charge in [0.2, 0.25) is 0 Å². The summed E-state index contributed by atoms with van der Waals surface area (Å²) < 4.78 is 0. The van der Waals surface area contributed by atoms with E-state index in [4.69, 9.17) is 0 Å². The average Bonchev–Trinajstić information content (AvgIpc) is 3.07. The molecule has 3 rings (SSSR count). The molecular formula is C20H27N3. The number of nitrogens with zero attached hydrogens (tertiary/aromatic N) is 1. The van der Waals surface area contributed by atoms with Crippen molar-refractivity contribution in [2.24, 2.45) is 11.3 Å². The normalized spacial score (nSPS) is 12.4. The number of rotatable bonds is 6. The van der Waals surface area contributed by atoms with Gasteiger partial charge in [0.05, 0.1) is 6.33 Å². The standard InChI is InChI=1S/C20H27N3/c1-14(2)7-16-11-22-19-8-15(5-6-18(16)19)9-20(3,4)10-17-12-21-13-23-17/h5-6,8,11-14,22H,7,9-10H2,1-4H3,(H,21,23). The molecule has 0 bridgehead atoms. The first-order valence-electron chi connectivity index (χ1n) is 8.49.